The second-order valence-corrected chi connectivity index (χ2v) is 8.05. The fraction of sp³-hybridized carbons (Fsp3) is 0.611. The third-order valence-corrected chi connectivity index (χ3v) is 6.11. The Labute approximate surface area is 164 Å². The monoisotopic (exact) mass is 399 g/mol. The number of benzene rings is 1. The average molecular weight is 400 g/mol. The highest BCUT2D eigenvalue weighted by Crippen LogP contribution is 2.28. The molecule has 2 aliphatic rings. The molecule has 2 heterocycles. The fourth-order valence-electron chi connectivity index (χ4n) is 3.29. The maximum absolute atomic E-state index is 13.0. The molecule has 26 heavy (non-hydrogen) atoms. The van der Waals surface area contributed by atoms with Gasteiger partial charge in [0.2, 0.25) is 0 Å². The van der Waals surface area contributed by atoms with Crippen LogP contribution in [0.15, 0.2) is 18.2 Å². The Hall–Kier alpha value is -1.15. The van der Waals surface area contributed by atoms with Crippen molar-refractivity contribution in [3.05, 3.63) is 23.2 Å². The summed E-state index contributed by atoms with van der Waals surface area (Å²) in [6, 6.07) is 5.33. The summed E-state index contributed by atoms with van der Waals surface area (Å²) in [6.45, 7) is 5.04. The Morgan fingerprint density at radius 1 is 1.38 bits per heavy atom. The largest absolute Gasteiger partial charge is 0.495 e. The highest BCUT2D eigenvalue weighted by molar-refractivity contribution is 7.99. The molecule has 0 unspecified atom stereocenters. The van der Waals surface area contributed by atoms with Crippen molar-refractivity contribution in [2.24, 2.45) is 0 Å². The van der Waals surface area contributed by atoms with Crippen LogP contribution in [0.25, 0.3) is 0 Å². The molecule has 0 saturated carbocycles. The molecule has 6 nitrogen and oxygen atoms in total. The summed E-state index contributed by atoms with van der Waals surface area (Å²) in [7, 11) is 1.59. The van der Waals surface area contributed by atoms with Crippen LogP contribution in [0.1, 0.15) is 6.42 Å². The Morgan fingerprint density at radius 2 is 2.19 bits per heavy atom. The van der Waals surface area contributed by atoms with Crippen molar-refractivity contribution in [1.29, 1.82) is 0 Å². The molecule has 1 aromatic rings. The first kappa shape index (κ1) is 19.6. The average Bonchev–Trinajstić information content (AvgIpc) is 2.88. The van der Waals surface area contributed by atoms with Gasteiger partial charge in [-0.2, -0.15) is 11.8 Å². The summed E-state index contributed by atoms with van der Waals surface area (Å²) < 4.78 is 10.8. The molecule has 1 atom stereocenters. The summed E-state index contributed by atoms with van der Waals surface area (Å²) in [5.41, 5.74) is 0.604. The summed E-state index contributed by atoms with van der Waals surface area (Å²) in [5, 5.41) is 3.56. The van der Waals surface area contributed by atoms with Gasteiger partial charge in [0.1, 0.15) is 5.75 Å². The van der Waals surface area contributed by atoms with Crippen LogP contribution in [-0.2, 0) is 4.74 Å². The first-order chi connectivity index (χ1) is 12.7. The summed E-state index contributed by atoms with van der Waals surface area (Å²) >= 11 is 8.01. The van der Waals surface area contributed by atoms with Gasteiger partial charge in [-0.3, -0.25) is 4.90 Å². The lowest BCUT2D eigenvalue weighted by Crippen LogP contribution is -2.51. The van der Waals surface area contributed by atoms with E-state index >= 15 is 0 Å². The molecule has 1 aromatic carbocycles. The van der Waals surface area contributed by atoms with E-state index in [2.05, 4.69) is 10.2 Å². The van der Waals surface area contributed by atoms with Gasteiger partial charge in [-0.05, 0) is 30.4 Å². The number of hydrogen-bond acceptors (Lipinski definition) is 5. The van der Waals surface area contributed by atoms with Crippen LogP contribution in [0.2, 0.25) is 5.02 Å². The minimum Gasteiger partial charge on any atom is -0.495 e. The van der Waals surface area contributed by atoms with Gasteiger partial charge >= 0.3 is 6.03 Å². The minimum atomic E-state index is -0.0914. The van der Waals surface area contributed by atoms with Crippen molar-refractivity contribution < 1.29 is 14.3 Å². The molecule has 1 N–H and O–H groups in total. The molecule has 0 radical (unpaired) electrons. The number of carbonyl (C=O) groups excluding carboxylic acids is 1. The van der Waals surface area contributed by atoms with Crippen molar-refractivity contribution >= 4 is 35.1 Å². The Morgan fingerprint density at radius 3 is 2.96 bits per heavy atom. The van der Waals surface area contributed by atoms with Crippen molar-refractivity contribution in [2.75, 3.05) is 63.3 Å². The molecule has 0 aromatic heterocycles. The summed E-state index contributed by atoms with van der Waals surface area (Å²) in [6.07, 6.45) is 1.00. The molecule has 0 spiro atoms. The second kappa shape index (κ2) is 9.69. The maximum atomic E-state index is 13.0. The van der Waals surface area contributed by atoms with E-state index in [0.29, 0.717) is 16.5 Å². The molecular formula is C18H26ClN3O3S. The van der Waals surface area contributed by atoms with Crippen LogP contribution in [-0.4, -0.2) is 79.9 Å². The lowest BCUT2D eigenvalue weighted by atomic mass is 10.2. The van der Waals surface area contributed by atoms with Gasteiger partial charge in [-0.1, -0.05) is 11.6 Å². The number of rotatable bonds is 4. The molecule has 8 heteroatoms. The van der Waals surface area contributed by atoms with E-state index in [1.54, 1.807) is 25.3 Å². The van der Waals surface area contributed by atoms with Crippen LogP contribution in [0.4, 0.5) is 10.5 Å². The molecular weight excluding hydrogens is 374 g/mol. The van der Waals surface area contributed by atoms with E-state index < -0.39 is 0 Å². The van der Waals surface area contributed by atoms with E-state index in [1.165, 1.54) is 0 Å². The van der Waals surface area contributed by atoms with Crippen LogP contribution in [0, 0.1) is 0 Å². The molecule has 2 saturated heterocycles. The van der Waals surface area contributed by atoms with Gasteiger partial charge in [-0.25, -0.2) is 4.79 Å². The summed E-state index contributed by atoms with van der Waals surface area (Å²) in [4.78, 5) is 17.4. The molecule has 0 aliphatic carbocycles. The van der Waals surface area contributed by atoms with Gasteiger partial charge in [0.25, 0.3) is 0 Å². The SMILES string of the molecule is COc1ccc(Cl)cc1NC(=O)N1CCCSC[C@H]1CN1CCOCC1. The third kappa shape index (κ3) is 5.19. The third-order valence-electron chi connectivity index (χ3n) is 4.68. The lowest BCUT2D eigenvalue weighted by Gasteiger charge is -2.35. The number of hydrogen-bond donors (Lipinski definition) is 1. The van der Waals surface area contributed by atoms with Gasteiger partial charge < -0.3 is 19.7 Å². The van der Waals surface area contributed by atoms with Gasteiger partial charge in [0.05, 0.1) is 32.1 Å². The molecule has 2 fully saturated rings. The molecule has 2 amide bonds. The molecule has 2 aliphatic heterocycles. The topological polar surface area (TPSA) is 54.0 Å². The maximum Gasteiger partial charge on any atom is 0.322 e. The van der Waals surface area contributed by atoms with Crippen molar-refractivity contribution in [1.82, 2.24) is 9.80 Å². The molecule has 3 rings (SSSR count). The number of methoxy groups -OCH3 is 1. The van der Waals surface area contributed by atoms with E-state index in [4.69, 9.17) is 21.1 Å². The van der Waals surface area contributed by atoms with Crippen LogP contribution >= 0.6 is 23.4 Å². The van der Waals surface area contributed by atoms with Crippen LogP contribution < -0.4 is 10.1 Å². The van der Waals surface area contributed by atoms with E-state index in [-0.39, 0.29) is 12.1 Å². The lowest BCUT2D eigenvalue weighted by molar-refractivity contribution is 0.0288. The van der Waals surface area contributed by atoms with Gasteiger partial charge in [-0.15, -0.1) is 0 Å². The highest BCUT2D eigenvalue weighted by Gasteiger charge is 2.28. The second-order valence-electron chi connectivity index (χ2n) is 6.46. The predicted octanol–water partition coefficient (Wildman–Crippen LogP) is 3.02. The first-order valence-electron chi connectivity index (χ1n) is 8.96. The van der Waals surface area contributed by atoms with Crippen LogP contribution in [0.3, 0.4) is 0 Å². The number of carbonyl (C=O) groups is 1. The van der Waals surface area contributed by atoms with E-state index in [9.17, 15) is 4.79 Å². The van der Waals surface area contributed by atoms with E-state index in [1.807, 2.05) is 16.7 Å². The van der Waals surface area contributed by atoms with Crippen molar-refractivity contribution in [3.63, 3.8) is 0 Å². The number of anilines is 1. The Kier molecular flexibility index (Phi) is 7.31. The highest BCUT2D eigenvalue weighted by atomic mass is 35.5. The van der Waals surface area contributed by atoms with E-state index in [0.717, 1.165) is 57.3 Å². The number of thioether (sulfide) groups is 1. The van der Waals surface area contributed by atoms with Crippen molar-refractivity contribution in [3.8, 4) is 5.75 Å². The number of nitrogens with zero attached hydrogens (tertiary/aromatic N) is 2. The zero-order valence-electron chi connectivity index (χ0n) is 15.1. The van der Waals surface area contributed by atoms with Crippen molar-refractivity contribution in [2.45, 2.75) is 12.5 Å². The fourth-order valence-corrected chi connectivity index (χ4v) is 4.52. The Balaban J connectivity index is 1.70. The first-order valence-corrected chi connectivity index (χ1v) is 10.5. The number of amides is 2. The predicted molar refractivity (Wildman–Crippen MR) is 107 cm³/mol. The Bertz CT molecular complexity index is 613. The number of nitrogens with one attached hydrogen (secondary N) is 1. The van der Waals surface area contributed by atoms with Crippen LogP contribution in [0.5, 0.6) is 5.75 Å². The van der Waals surface area contributed by atoms with Gasteiger partial charge in [0, 0.05) is 37.0 Å². The number of morpholine rings is 1. The normalized spacial score (nSPS) is 21.9. The molecule has 0 bridgehead atoms. The number of urea groups is 1. The number of halogens is 1. The van der Waals surface area contributed by atoms with Gasteiger partial charge in [0.15, 0.2) is 0 Å². The smallest absolute Gasteiger partial charge is 0.322 e. The molecule has 144 valence electrons. The quantitative estimate of drug-likeness (QED) is 0.843. The summed E-state index contributed by atoms with van der Waals surface area (Å²) in [5.74, 6) is 2.65. The minimum absolute atomic E-state index is 0.0914. The standard InChI is InChI=1S/C18H26ClN3O3S/c1-24-17-4-3-14(19)11-16(17)20-18(23)22-5-2-10-26-13-15(22)12-21-6-8-25-9-7-21/h3-4,11,15H,2,5-10,12-13H2,1H3,(H,20,23)/t15-/m1/s1. The zero-order chi connectivity index (χ0) is 18.4. The zero-order valence-corrected chi connectivity index (χ0v) is 16.7. The number of ether oxygens (including phenoxy) is 2.